The molecule has 0 saturated carbocycles. The number of hydrogen-bond acceptors (Lipinski definition) is 4. The van der Waals surface area contributed by atoms with E-state index in [0.29, 0.717) is 12.8 Å². The fraction of sp³-hybridized carbons (Fsp3) is 0.881. The number of amides is 1. The van der Waals surface area contributed by atoms with Crippen LogP contribution in [0.4, 0.5) is 0 Å². The molecule has 0 aliphatic carbocycles. The van der Waals surface area contributed by atoms with Gasteiger partial charge in [0, 0.05) is 6.42 Å². The molecule has 0 aromatic heterocycles. The monoisotopic (exact) mass is 664 g/mol. The van der Waals surface area contributed by atoms with Crippen molar-refractivity contribution in [3.63, 3.8) is 0 Å². The van der Waals surface area contributed by atoms with E-state index in [0.717, 1.165) is 38.5 Å². The van der Waals surface area contributed by atoms with Gasteiger partial charge in [-0.1, -0.05) is 167 Å². The first kappa shape index (κ1) is 45.8. The first-order valence-electron chi connectivity index (χ1n) is 20.6. The maximum absolute atomic E-state index is 12.4. The summed E-state index contributed by atoms with van der Waals surface area (Å²) in [4.78, 5) is 12.4. The van der Waals surface area contributed by atoms with Crippen LogP contribution in [-0.4, -0.2) is 46.1 Å². The van der Waals surface area contributed by atoms with Crippen molar-refractivity contribution >= 4 is 5.91 Å². The molecule has 1 amide bonds. The fourth-order valence-corrected chi connectivity index (χ4v) is 6.27. The molecule has 4 N–H and O–H groups in total. The van der Waals surface area contributed by atoms with Crippen LogP contribution in [0.15, 0.2) is 24.3 Å². The van der Waals surface area contributed by atoms with Gasteiger partial charge in [-0.05, 0) is 64.2 Å². The van der Waals surface area contributed by atoms with Gasteiger partial charge in [0.15, 0.2) is 0 Å². The lowest BCUT2D eigenvalue weighted by Crippen LogP contribution is -2.50. The lowest BCUT2D eigenvalue weighted by atomic mass is 10.0. The van der Waals surface area contributed by atoms with Gasteiger partial charge in [-0.2, -0.15) is 0 Å². The van der Waals surface area contributed by atoms with E-state index >= 15 is 0 Å². The Morgan fingerprint density at radius 2 is 0.851 bits per heavy atom. The van der Waals surface area contributed by atoms with Crippen LogP contribution in [0.5, 0.6) is 0 Å². The molecule has 0 aliphatic rings. The Morgan fingerprint density at radius 3 is 1.23 bits per heavy atom. The minimum Gasteiger partial charge on any atom is -0.394 e. The molecule has 0 heterocycles. The zero-order valence-electron chi connectivity index (χ0n) is 31.4. The first-order chi connectivity index (χ1) is 23.1. The van der Waals surface area contributed by atoms with Gasteiger partial charge < -0.3 is 20.6 Å². The summed E-state index contributed by atoms with van der Waals surface area (Å²) >= 11 is 0. The molecule has 278 valence electrons. The molecule has 0 saturated heterocycles. The third-order valence-corrected chi connectivity index (χ3v) is 9.53. The van der Waals surface area contributed by atoms with Crippen LogP contribution in [0.1, 0.15) is 213 Å². The Bertz CT molecular complexity index is 694. The summed E-state index contributed by atoms with van der Waals surface area (Å²) in [6.07, 6.45) is 44.2. The lowest BCUT2D eigenvalue weighted by Gasteiger charge is -2.26. The van der Waals surface area contributed by atoms with Crippen molar-refractivity contribution in [2.24, 2.45) is 0 Å². The Labute approximate surface area is 292 Å². The number of unbranched alkanes of at least 4 members (excludes halogenated alkanes) is 25. The van der Waals surface area contributed by atoms with Crippen LogP contribution >= 0.6 is 0 Å². The van der Waals surface area contributed by atoms with Crippen LogP contribution in [0, 0.1) is 0 Å². The maximum Gasteiger partial charge on any atom is 0.220 e. The van der Waals surface area contributed by atoms with Crippen LogP contribution < -0.4 is 5.32 Å². The molecule has 0 fully saturated rings. The minimum absolute atomic E-state index is 0.159. The van der Waals surface area contributed by atoms with Gasteiger partial charge in [0.05, 0.1) is 18.8 Å². The van der Waals surface area contributed by atoms with Crippen molar-refractivity contribution in [1.82, 2.24) is 5.32 Å². The number of rotatable bonds is 37. The Kier molecular flexibility index (Phi) is 36.7. The molecule has 5 heteroatoms. The summed E-state index contributed by atoms with van der Waals surface area (Å²) in [5.41, 5.74) is 0. The van der Waals surface area contributed by atoms with E-state index in [1.54, 1.807) is 0 Å². The van der Waals surface area contributed by atoms with Crippen molar-refractivity contribution in [1.29, 1.82) is 0 Å². The number of aliphatic hydroxyl groups excluding tert-OH is 3. The number of aliphatic hydroxyl groups is 3. The predicted molar refractivity (Wildman–Crippen MR) is 204 cm³/mol. The van der Waals surface area contributed by atoms with E-state index in [1.165, 1.54) is 148 Å². The second kappa shape index (κ2) is 37.6. The van der Waals surface area contributed by atoms with E-state index in [9.17, 15) is 20.1 Å². The molecule has 0 rings (SSSR count). The fourth-order valence-electron chi connectivity index (χ4n) is 6.27. The van der Waals surface area contributed by atoms with Crippen LogP contribution in [0.3, 0.4) is 0 Å². The largest absolute Gasteiger partial charge is 0.394 e. The highest BCUT2D eigenvalue weighted by atomic mass is 16.3. The van der Waals surface area contributed by atoms with E-state index < -0.39 is 18.2 Å². The van der Waals surface area contributed by atoms with Gasteiger partial charge in [-0.25, -0.2) is 0 Å². The molecule has 0 aliphatic heterocycles. The summed E-state index contributed by atoms with van der Waals surface area (Å²) in [5, 5.41) is 33.4. The average molecular weight is 664 g/mol. The molecule has 0 aromatic rings. The summed E-state index contributed by atoms with van der Waals surface area (Å²) in [6.45, 7) is 4.16. The van der Waals surface area contributed by atoms with Gasteiger partial charge in [-0.3, -0.25) is 4.79 Å². The van der Waals surface area contributed by atoms with Gasteiger partial charge in [0.2, 0.25) is 5.91 Å². The molecule has 3 unspecified atom stereocenters. The van der Waals surface area contributed by atoms with Crippen LogP contribution in [0.25, 0.3) is 0 Å². The normalized spacial score (nSPS) is 13.9. The third-order valence-electron chi connectivity index (χ3n) is 9.53. The van der Waals surface area contributed by atoms with Gasteiger partial charge >= 0.3 is 0 Å². The maximum atomic E-state index is 12.4. The average Bonchev–Trinajstić information content (AvgIpc) is 3.07. The predicted octanol–water partition coefficient (Wildman–Crippen LogP) is 11.4. The molecule has 47 heavy (non-hydrogen) atoms. The lowest BCUT2D eigenvalue weighted by molar-refractivity contribution is -0.124. The first-order valence-corrected chi connectivity index (χ1v) is 20.6. The van der Waals surface area contributed by atoms with Crippen molar-refractivity contribution in [3.8, 4) is 0 Å². The molecule has 0 spiro atoms. The Balaban J connectivity index is 3.70. The summed E-state index contributed by atoms with van der Waals surface area (Å²) < 4.78 is 0. The zero-order chi connectivity index (χ0) is 34.5. The second-order valence-corrected chi connectivity index (χ2v) is 14.2. The van der Waals surface area contributed by atoms with Crippen molar-refractivity contribution < 1.29 is 20.1 Å². The van der Waals surface area contributed by atoms with Gasteiger partial charge in [0.25, 0.3) is 0 Å². The second-order valence-electron chi connectivity index (χ2n) is 14.2. The molecule has 5 nitrogen and oxygen atoms in total. The number of allylic oxidation sites excluding steroid dienone is 4. The standard InChI is InChI=1S/C42H81NO4/c1-3-5-7-9-11-13-15-17-19-21-23-25-27-29-31-33-35-37-41(46)43-39(38-44)42(47)40(45)36-34-32-30-28-26-24-22-20-18-16-14-12-10-8-6-4-2/h17,19,28,30,39-40,42,44-45,47H,3-16,18,20-27,29,31-38H2,1-2H3,(H,43,46)/b19-17-,30-28+. The molecule has 3 atom stereocenters. The van der Waals surface area contributed by atoms with E-state index in [-0.39, 0.29) is 12.5 Å². The zero-order valence-corrected chi connectivity index (χ0v) is 31.4. The molecular formula is C42H81NO4. The highest BCUT2D eigenvalue weighted by Crippen LogP contribution is 2.14. The smallest absolute Gasteiger partial charge is 0.220 e. The molecule has 0 aromatic carbocycles. The summed E-state index contributed by atoms with van der Waals surface area (Å²) in [7, 11) is 0. The molecular weight excluding hydrogens is 582 g/mol. The van der Waals surface area contributed by atoms with Gasteiger partial charge in [0.1, 0.15) is 6.10 Å². The van der Waals surface area contributed by atoms with Gasteiger partial charge in [-0.15, -0.1) is 0 Å². The van der Waals surface area contributed by atoms with Crippen molar-refractivity contribution in [2.75, 3.05) is 6.61 Å². The third kappa shape index (κ3) is 33.1. The van der Waals surface area contributed by atoms with E-state index in [4.69, 9.17) is 0 Å². The van der Waals surface area contributed by atoms with Crippen molar-refractivity contribution in [2.45, 2.75) is 231 Å². The minimum atomic E-state index is -1.16. The highest BCUT2D eigenvalue weighted by molar-refractivity contribution is 5.76. The Morgan fingerprint density at radius 1 is 0.511 bits per heavy atom. The quantitative estimate of drug-likeness (QED) is 0.0393. The molecule has 0 bridgehead atoms. The van der Waals surface area contributed by atoms with Crippen LogP contribution in [0.2, 0.25) is 0 Å². The number of nitrogens with one attached hydrogen (secondary N) is 1. The van der Waals surface area contributed by atoms with Crippen molar-refractivity contribution in [3.05, 3.63) is 24.3 Å². The van der Waals surface area contributed by atoms with Crippen LogP contribution in [-0.2, 0) is 4.79 Å². The van der Waals surface area contributed by atoms with E-state index in [2.05, 4.69) is 43.5 Å². The molecule has 0 radical (unpaired) electrons. The highest BCUT2D eigenvalue weighted by Gasteiger charge is 2.26. The number of carbonyl (C=O) groups is 1. The summed E-state index contributed by atoms with van der Waals surface area (Å²) in [6, 6.07) is -0.825. The topological polar surface area (TPSA) is 89.8 Å². The number of carbonyl (C=O) groups excluding carboxylic acids is 1. The summed E-state index contributed by atoms with van der Waals surface area (Å²) in [5.74, 6) is -0.159. The number of hydrogen-bond donors (Lipinski definition) is 4. The van der Waals surface area contributed by atoms with E-state index in [1.807, 2.05) is 0 Å². The Hall–Kier alpha value is -1.17. The SMILES string of the molecule is CCCCCCCC/C=C\CCCCCCCCCC(=O)NC(CO)C(O)C(O)CCC/C=C/CCCCCCCCCCCCC.